The van der Waals surface area contributed by atoms with Gasteiger partial charge in [-0.05, 0) is 34.7 Å². The van der Waals surface area contributed by atoms with Crippen molar-refractivity contribution < 1.29 is 4.79 Å². The van der Waals surface area contributed by atoms with E-state index in [2.05, 4.69) is 59.6 Å². The Labute approximate surface area is 154 Å². The highest BCUT2D eigenvalue weighted by Crippen LogP contribution is 2.39. The number of benzene rings is 2. The highest BCUT2D eigenvalue weighted by atomic mass is 16.2. The Hall–Kier alpha value is -2.94. The zero-order valence-corrected chi connectivity index (χ0v) is 14.9. The van der Waals surface area contributed by atoms with Crippen LogP contribution < -0.4 is 0 Å². The van der Waals surface area contributed by atoms with Crippen molar-refractivity contribution in [3.05, 3.63) is 101 Å². The normalized spacial score (nSPS) is 19.0. The van der Waals surface area contributed by atoms with Crippen molar-refractivity contribution >= 4 is 5.91 Å². The fraction of sp³-hybridized carbons (Fsp3) is 0.217. The second kappa shape index (κ2) is 7.12. The number of amides is 1. The maximum atomic E-state index is 12.5. The Morgan fingerprint density at radius 3 is 2.54 bits per heavy atom. The lowest BCUT2D eigenvalue weighted by molar-refractivity contribution is -0.132. The SMILES string of the molecule is CC(=O)N1Cc2ccccc2[C@H](c2ccccc2)[C@H]1Cc1cccnc1. The van der Waals surface area contributed by atoms with E-state index in [-0.39, 0.29) is 17.9 Å². The number of hydrogen-bond acceptors (Lipinski definition) is 2. The monoisotopic (exact) mass is 342 g/mol. The molecule has 0 saturated heterocycles. The van der Waals surface area contributed by atoms with Gasteiger partial charge in [-0.3, -0.25) is 9.78 Å². The van der Waals surface area contributed by atoms with Gasteiger partial charge in [0.25, 0.3) is 0 Å². The molecule has 2 atom stereocenters. The Kier molecular flexibility index (Phi) is 4.53. The van der Waals surface area contributed by atoms with Crippen molar-refractivity contribution in [2.75, 3.05) is 0 Å². The van der Waals surface area contributed by atoms with Crippen LogP contribution in [0.4, 0.5) is 0 Å². The third-order valence-electron chi connectivity index (χ3n) is 5.25. The Morgan fingerprint density at radius 1 is 1.04 bits per heavy atom. The van der Waals surface area contributed by atoms with Gasteiger partial charge in [-0.25, -0.2) is 0 Å². The van der Waals surface area contributed by atoms with Crippen LogP contribution in [-0.2, 0) is 17.8 Å². The molecule has 2 aromatic carbocycles. The summed E-state index contributed by atoms with van der Waals surface area (Å²) < 4.78 is 0. The first-order valence-corrected chi connectivity index (χ1v) is 9.03. The molecule has 1 amide bonds. The number of hydrogen-bond donors (Lipinski definition) is 0. The summed E-state index contributed by atoms with van der Waals surface area (Å²) in [7, 11) is 0. The molecule has 0 aliphatic carbocycles. The summed E-state index contributed by atoms with van der Waals surface area (Å²) >= 11 is 0. The lowest BCUT2D eigenvalue weighted by atomic mass is 9.77. The molecule has 0 spiro atoms. The van der Waals surface area contributed by atoms with E-state index in [1.54, 1.807) is 13.1 Å². The van der Waals surface area contributed by atoms with Crippen LogP contribution in [0.2, 0.25) is 0 Å². The molecule has 130 valence electrons. The van der Waals surface area contributed by atoms with Gasteiger partial charge in [0.15, 0.2) is 0 Å². The molecular weight excluding hydrogens is 320 g/mol. The average Bonchev–Trinajstić information content (AvgIpc) is 2.68. The van der Waals surface area contributed by atoms with Gasteiger partial charge in [-0.15, -0.1) is 0 Å². The van der Waals surface area contributed by atoms with Crippen molar-refractivity contribution in [3.63, 3.8) is 0 Å². The smallest absolute Gasteiger partial charge is 0.220 e. The molecule has 4 rings (SSSR count). The van der Waals surface area contributed by atoms with Crippen molar-refractivity contribution in [2.24, 2.45) is 0 Å². The fourth-order valence-corrected chi connectivity index (χ4v) is 4.06. The molecular formula is C23H22N2O. The molecule has 1 aromatic heterocycles. The molecule has 0 bridgehead atoms. The molecule has 1 aliphatic rings. The van der Waals surface area contributed by atoms with Gasteiger partial charge in [-0.1, -0.05) is 60.7 Å². The molecule has 0 saturated carbocycles. The van der Waals surface area contributed by atoms with Crippen LogP contribution in [0.3, 0.4) is 0 Å². The number of pyridine rings is 1. The molecule has 0 radical (unpaired) electrons. The predicted octanol–water partition coefficient (Wildman–Crippen LogP) is 4.19. The first kappa shape index (κ1) is 16.5. The minimum atomic E-state index is 0.0778. The molecule has 1 aliphatic heterocycles. The van der Waals surface area contributed by atoms with E-state index in [1.165, 1.54) is 16.7 Å². The van der Waals surface area contributed by atoms with Gasteiger partial charge in [0.1, 0.15) is 0 Å². The van der Waals surface area contributed by atoms with Crippen molar-refractivity contribution in [1.82, 2.24) is 9.88 Å². The molecule has 3 nitrogen and oxygen atoms in total. The Bertz CT molecular complexity index is 892. The van der Waals surface area contributed by atoms with Gasteiger partial charge in [-0.2, -0.15) is 0 Å². The summed E-state index contributed by atoms with van der Waals surface area (Å²) in [6.07, 6.45) is 4.49. The number of nitrogens with zero attached hydrogens (tertiary/aromatic N) is 2. The number of aromatic nitrogens is 1. The zero-order valence-electron chi connectivity index (χ0n) is 14.9. The number of rotatable bonds is 3. The molecule has 0 unspecified atom stereocenters. The van der Waals surface area contributed by atoms with Gasteiger partial charge in [0.05, 0.1) is 0 Å². The highest BCUT2D eigenvalue weighted by molar-refractivity contribution is 5.74. The van der Waals surface area contributed by atoms with Gasteiger partial charge in [0.2, 0.25) is 5.91 Å². The third-order valence-corrected chi connectivity index (χ3v) is 5.25. The number of carbonyl (C=O) groups excluding carboxylic acids is 1. The topological polar surface area (TPSA) is 33.2 Å². The second-order valence-corrected chi connectivity index (χ2v) is 6.87. The molecule has 26 heavy (non-hydrogen) atoms. The third kappa shape index (κ3) is 3.13. The Balaban J connectivity index is 1.84. The standard InChI is InChI=1S/C23H22N2O/c1-17(26)25-16-20-11-5-6-12-21(20)23(19-9-3-2-4-10-19)22(25)14-18-8-7-13-24-15-18/h2-13,15,22-23H,14,16H2,1H3/t22-,23+/m1/s1. The first-order valence-electron chi connectivity index (χ1n) is 9.03. The van der Waals surface area contributed by atoms with Crippen molar-refractivity contribution in [1.29, 1.82) is 0 Å². The summed E-state index contributed by atoms with van der Waals surface area (Å²) in [6, 6.07) is 23.2. The largest absolute Gasteiger partial charge is 0.334 e. The summed E-state index contributed by atoms with van der Waals surface area (Å²) in [4.78, 5) is 18.8. The van der Waals surface area contributed by atoms with Gasteiger partial charge >= 0.3 is 0 Å². The van der Waals surface area contributed by atoms with E-state index >= 15 is 0 Å². The lowest BCUT2D eigenvalue weighted by Crippen LogP contribution is -2.47. The fourth-order valence-electron chi connectivity index (χ4n) is 4.06. The van der Waals surface area contributed by atoms with Crippen LogP contribution in [0.15, 0.2) is 79.1 Å². The maximum Gasteiger partial charge on any atom is 0.220 e. The van der Waals surface area contributed by atoms with Crippen LogP contribution in [-0.4, -0.2) is 21.8 Å². The predicted molar refractivity (Wildman–Crippen MR) is 103 cm³/mol. The summed E-state index contributed by atoms with van der Waals surface area (Å²) in [6.45, 7) is 2.34. The van der Waals surface area contributed by atoms with E-state index in [1.807, 2.05) is 23.2 Å². The lowest BCUT2D eigenvalue weighted by Gasteiger charge is -2.42. The van der Waals surface area contributed by atoms with E-state index in [4.69, 9.17) is 0 Å². The highest BCUT2D eigenvalue weighted by Gasteiger charge is 2.37. The Morgan fingerprint density at radius 2 is 1.81 bits per heavy atom. The molecule has 2 heterocycles. The van der Waals surface area contributed by atoms with Crippen LogP contribution in [0.1, 0.15) is 35.1 Å². The van der Waals surface area contributed by atoms with Crippen LogP contribution in [0.25, 0.3) is 0 Å². The molecule has 0 N–H and O–H groups in total. The minimum absolute atomic E-state index is 0.0778. The van der Waals surface area contributed by atoms with E-state index < -0.39 is 0 Å². The van der Waals surface area contributed by atoms with Crippen LogP contribution in [0, 0.1) is 0 Å². The summed E-state index contributed by atoms with van der Waals surface area (Å²) in [5.41, 5.74) is 4.97. The van der Waals surface area contributed by atoms with Gasteiger partial charge in [0, 0.05) is 37.8 Å². The summed E-state index contributed by atoms with van der Waals surface area (Å²) in [5, 5.41) is 0. The summed E-state index contributed by atoms with van der Waals surface area (Å²) in [5.74, 6) is 0.277. The zero-order chi connectivity index (χ0) is 17.9. The number of fused-ring (bicyclic) bond motifs is 1. The first-order chi connectivity index (χ1) is 12.7. The maximum absolute atomic E-state index is 12.5. The molecule has 3 aromatic rings. The van der Waals surface area contributed by atoms with E-state index in [0.29, 0.717) is 6.54 Å². The van der Waals surface area contributed by atoms with Crippen molar-refractivity contribution in [3.8, 4) is 0 Å². The minimum Gasteiger partial charge on any atom is -0.334 e. The van der Waals surface area contributed by atoms with Gasteiger partial charge < -0.3 is 4.90 Å². The van der Waals surface area contributed by atoms with Crippen LogP contribution >= 0.6 is 0 Å². The van der Waals surface area contributed by atoms with Crippen LogP contribution in [0.5, 0.6) is 0 Å². The average molecular weight is 342 g/mol. The second-order valence-electron chi connectivity index (χ2n) is 6.87. The van der Waals surface area contributed by atoms with E-state index in [9.17, 15) is 4.79 Å². The molecule has 3 heteroatoms. The quantitative estimate of drug-likeness (QED) is 0.715. The van der Waals surface area contributed by atoms with Crippen molar-refractivity contribution in [2.45, 2.75) is 31.8 Å². The molecule has 0 fully saturated rings. The number of carbonyl (C=O) groups is 1. The van der Waals surface area contributed by atoms with E-state index in [0.717, 1.165) is 12.0 Å².